The summed E-state index contributed by atoms with van der Waals surface area (Å²) in [6.45, 7) is 5.41. The van der Waals surface area contributed by atoms with Gasteiger partial charge in [0.25, 0.3) is 0 Å². The van der Waals surface area contributed by atoms with Crippen LogP contribution >= 0.6 is 0 Å². The van der Waals surface area contributed by atoms with Gasteiger partial charge in [-0.3, -0.25) is 0 Å². The first-order chi connectivity index (χ1) is 9.70. The van der Waals surface area contributed by atoms with Crippen molar-refractivity contribution in [2.75, 3.05) is 6.54 Å². The molecule has 2 N–H and O–H groups in total. The van der Waals surface area contributed by atoms with Gasteiger partial charge in [0.2, 0.25) is 0 Å². The molecule has 0 aliphatic heterocycles. The molecule has 0 aliphatic carbocycles. The van der Waals surface area contributed by atoms with E-state index < -0.39 is 0 Å². The lowest BCUT2D eigenvalue weighted by molar-refractivity contribution is 0.728. The van der Waals surface area contributed by atoms with Crippen LogP contribution in [0, 0.1) is 13.8 Å². The zero-order valence-electron chi connectivity index (χ0n) is 11.8. The van der Waals surface area contributed by atoms with Crippen LogP contribution in [0.25, 0.3) is 22.6 Å². The van der Waals surface area contributed by atoms with Crippen molar-refractivity contribution in [3.05, 3.63) is 47.7 Å². The number of fused-ring (bicyclic) bond motifs is 1. The maximum atomic E-state index is 5.75. The van der Waals surface area contributed by atoms with Gasteiger partial charge in [-0.15, -0.1) is 0 Å². The zero-order chi connectivity index (χ0) is 14.1. The fraction of sp³-hybridized carbons (Fsp3) is 0.250. The van der Waals surface area contributed by atoms with Gasteiger partial charge in [0.05, 0.1) is 0 Å². The first-order valence-corrected chi connectivity index (χ1v) is 6.79. The maximum absolute atomic E-state index is 5.75. The summed E-state index contributed by atoms with van der Waals surface area (Å²) in [5.41, 5.74) is 11.0. The van der Waals surface area contributed by atoms with Gasteiger partial charge in [-0.1, -0.05) is 24.3 Å². The number of hydrogen-bond acceptors (Lipinski definition) is 3. The number of hydrogen-bond donors (Lipinski definition) is 1. The summed E-state index contributed by atoms with van der Waals surface area (Å²) in [5.74, 6) is 0.946. The van der Waals surface area contributed by atoms with E-state index in [4.69, 9.17) is 10.7 Å². The van der Waals surface area contributed by atoms with Gasteiger partial charge in [-0.2, -0.15) is 0 Å². The van der Waals surface area contributed by atoms with Crippen molar-refractivity contribution in [3.8, 4) is 11.4 Å². The van der Waals surface area contributed by atoms with Crippen LogP contribution in [-0.4, -0.2) is 21.1 Å². The average molecular weight is 266 g/mol. The third-order valence-electron chi connectivity index (χ3n) is 3.46. The van der Waals surface area contributed by atoms with E-state index in [0.717, 1.165) is 34.7 Å². The van der Waals surface area contributed by atoms with Crippen LogP contribution in [0.15, 0.2) is 36.5 Å². The number of benzene rings is 1. The van der Waals surface area contributed by atoms with Crippen LogP contribution in [-0.2, 0) is 6.54 Å². The fourth-order valence-corrected chi connectivity index (χ4v) is 2.48. The molecule has 0 aliphatic rings. The van der Waals surface area contributed by atoms with E-state index in [0.29, 0.717) is 6.54 Å². The molecule has 0 bridgehead atoms. The second kappa shape index (κ2) is 5.06. The van der Waals surface area contributed by atoms with E-state index in [1.165, 1.54) is 5.56 Å². The highest BCUT2D eigenvalue weighted by Gasteiger charge is 2.14. The Morgan fingerprint density at radius 1 is 1.20 bits per heavy atom. The quantitative estimate of drug-likeness (QED) is 0.793. The van der Waals surface area contributed by atoms with Crippen LogP contribution in [0.2, 0.25) is 0 Å². The summed E-state index contributed by atoms with van der Waals surface area (Å²) in [6.07, 6.45) is 1.87. The lowest BCUT2D eigenvalue weighted by Crippen LogP contribution is -2.11. The lowest BCUT2D eigenvalue weighted by atomic mass is 10.1. The Bertz CT molecular complexity index is 758. The molecule has 0 fully saturated rings. The summed E-state index contributed by atoms with van der Waals surface area (Å²) < 4.78 is 2.11. The highest BCUT2D eigenvalue weighted by Crippen LogP contribution is 2.26. The molecule has 102 valence electrons. The van der Waals surface area contributed by atoms with Crippen molar-refractivity contribution >= 4 is 11.2 Å². The second-order valence-corrected chi connectivity index (χ2v) is 5.05. The molecule has 20 heavy (non-hydrogen) atoms. The van der Waals surface area contributed by atoms with Gasteiger partial charge in [-0.05, 0) is 31.0 Å². The first-order valence-electron chi connectivity index (χ1n) is 6.79. The number of aromatic nitrogens is 3. The molecule has 3 aromatic rings. The monoisotopic (exact) mass is 266 g/mol. The fourth-order valence-electron chi connectivity index (χ4n) is 2.48. The minimum atomic E-state index is 0.569. The predicted molar refractivity (Wildman–Crippen MR) is 81.5 cm³/mol. The first kappa shape index (κ1) is 12.8. The summed E-state index contributed by atoms with van der Waals surface area (Å²) >= 11 is 0. The van der Waals surface area contributed by atoms with Crippen LogP contribution in [0.3, 0.4) is 0 Å². The normalized spacial score (nSPS) is 11.2. The van der Waals surface area contributed by atoms with Gasteiger partial charge in [0.15, 0.2) is 5.65 Å². The third kappa shape index (κ3) is 2.08. The molecule has 4 nitrogen and oxygen atoms in total. The van der Waals surface area contributed by atoms with Crippen LogP contribution in [0.1, 0.15) is 11.1 Å². The molecule has 0 radical (unpaired) electrons. The highest BCUT2D eigenvalue weighted by molar-refractivity contribution is 5.78. The van der Waals surface area contributed by atoms with Crippen molar-refractivity contribution in [1.29, 1.82) is 0 Å². The molecule has 0 saturated heterocycles. The minimum absolute atomic E-state index is 0.569. The highest BCUT2D eigenvalue weighted by atomic mass is 15.1. The minimum Gasteiger partial charge on any atom is -0.329 e. The number of rotatable bonds is 3. The molecule has 0 spiro atoms. The Balaban J connectivity index is 2.29. The Morgan fingerprint density at radius 3 is 2.75 bits per heavy atom. The Kier molecular flexibility index (Phi) is 3.24. The van der Waals surface area contributed by atoms with Gasteiger partial charge in [0, 0.05) is 24.8 Å². The summed E-state index contributed by atoms with van der Waals surface area (Å²) in [6, 6.07) is 10.3. The molecule has 0 amide bonds. The molecule has 0 unspecified atom stereocenters. The second-order valence-electron chi connectivity index (χ2n) is 5.05. The van der Waals surface area contributed by atoms with E-state index in [1.807, 2.05) is 25.3 Å². The molecule has 0 atom stereocenters. The van der Waals surface area contributed by atoms with Gasteiger partial charge in [-0.25, -0.2) is 9.97 Å². The smallest absolute Gasteiger partial charge is 0.160 e. The topological polar surface area (TPSA) is 56.7 Å². The summed E-state index contributed by atoms with van der Waals surface area (Å²) in [4.78, 5) is 9.29. The van der Waals surface area contributed by atoms with Crippen molar-refractivity contribution in [3.63, 3.8) is 0 Å². The molecule has 3 rings (SSSR count). The largest absolute Gasteiger partial charge is 0.329 e. The van der Waals surface area contributed by atoms with Crippen molar-refractivity contribution in [1.82, 2.24) is 14.5 Å². The SMILES string of the molecule is Cc1cnc2c(c1)nc(-c1ccccc1C)n2CCN. The average Bonchev–Trinajstić information content (AvgIpc) is 2.77. The number of aryl methyl sites for hydroxylation is 2. The van der Waals surface area contributed by atoms with Gasteiger partial charge < -0.3 is 10.3 Å². The summed E-state index contributed by atoms with van der Waals surface area (Å²) in [7, 11) is 0. The van der Waals surface area contributed by atoms with E-state index in [9.17, 15) is 0 Å². The third-order valence-corrected chi connectivity index (χ3v) is 3.46. The number of pyridine rings is 1. The Labute approximate surface area is 118 Å². The van der Waals surface area contributed by atoms with Crippen molar-refractivity contribution in [2.24, 2.45) is 5.73 Å². The number of imidazole rings is 1. The van der Waals surface area contributed by atoms with E-state index in [2.05, 4.69) is 34.7 Å². The van der Waals surface area contributed by atoms with Crippen LogP contribution in [0.4, 0.5) is 0 Å². The molecule has 2 heterocycles. The standard InChI is InChI=1S/C16H18N4/c1-11-9-14-16(18-10-11)20(8-7-17)15(19-14)13-6-4-3-5-12(13)2/h3-6,9-10H,7-8,17H2,1-2H3. The molecule has 1 aromatic carbocycles. The molecule has 0 saturated carbocycles. The van der Waals surface area contributed by atoms with E-state index in [1.54, 1.807) is 0 Å². The van der Waals surface area contributed by atoms with Crippen LogP contribution in [0.5, 0.6) is 0 Å². The number of nitrogens with two attached hydrogens (primary N) is 1. The predicted octanol–water partition coefficient (Wildman–Crippen LogP) is 2.67. The van der Waals surface area contributed by atoms with Crippen LogP contribution < -0.4 is 5.73 Å². The lowest BCUT2D eigenvalue weighted by Gasteiger charge is -2.09. The van der Waals surface area contributed by atoms with E-state index in [-0.39, 0.29) is 0 Å². The zero-order valence-corrected chi connectivity index (χ0v) is 11.8. The maximum Gasteiger partial charge on any atom is 0.160 e. The Hall–Kier alpha value is -2.20. The number of nitrogens with zero attached hydrogens (tertiary/aromatic N) is 3. The summed E-state index contributed by atoms with van der Waals surface area (Å²) in [5, 5.41) is 0. The molecular formula is C16H18N4. The Morgan fingerprint density at radius 2 is 2.00 bits per heavy atom. The molecule has 4 heteroatoms. The van der Waals surface area contributed by atoms with Crippen molar-refractivity contribution in [2.45, 2.75) is 20.4 Å². The van der Waals surface area contributed by atoms with Crippen molar-refractivity contribution < 1.29 is 0 Å². The van der Waals surface area contributed by atoms with Gasteiger partial charge in [0.1, 0.15) is 11.3 Å². The molecular weight excluding hydrogens is 248 g/mol. The van der Waals surface area contributed by atoms with E-state index >= 15 is 0 Å². The molecule has 2 aromatic heterocycles. The van der Waals surface area contributed by atoms with Gasteiger partial charge >= 0.3 is 0 Å².